The van der Waals surface area contributed by atoms with Crippen LogP contribution in [-0.2, 0) is 19.2 Å². The number of likely N-dealkylation sites (tertiary alicyclic amines) is 1. The van der Waals surface area contributed by atoms with E-state index in [0.29, 0.717) is 12.8 Å². The van der Waals surface area contributed by atoms with Gasteiger partial charge in [-0.15, -0.1) is 0 Å². The lowest BCUT2D eigenvalue weighted by atomic mass is 9.85. The third-order valence-corrected chi connectivity index (χ3v) is 5.62. The molecule has 1 aliphatic heterocycles. The summed E-state index contributed by atoms with van der Waals surface area (Å²) in [5.41, 5.74) is 4.54. The SMILES string of the molecule is CC.CCC.CCC(C)CC(NC=O)C(=O)C(N)=O.CNC(=O)NC(C(=O)N1CCCC1C)C(C)(C)C. The van der Waals surface area contributed by atoms with Gasteiger partial charge < -0.3 is 26.6 Å². The van der Waals surface area contributed by atoms with Crippen LogP contribution in [0, 0.1) is 11.3 Å². The van der Waals surface area contributed by atoms with Crippen LogP contribution < -0.4 is 21.7 Å². The van der Waals surface area contributed by atoms with Gasteiger partial charge in [-0.25, -0.2) is 4.79 Å². The van der Waals surface area contributed by atoms with Gasteiger partial charge in [0.15, 0.2) is 0 Å². The molecule has 37 heavy (non-hydrogen) atoms. The predicted octanol–water partition coefficient (Wildman–Crippen LogP) is 3.38. The van der Waals surface area contributed by atoms with Crippen LogP contribution in [0.4, 0.5) is 4.79 Å². The average Bonchev–Trinajstić information content (AvgIpc) is 3.28. The van der Waals surface area contributed by atoms with Crippen LogP contribution in [0.3, 0.4) is 0 Å². The van der Waals surface area contributed by atoms with E-state index in [1.54, 1.807) is 7.05 Å². The van der Waals surface area contributed by atoms with Crippen LogP contribution >= 0.6 is 0 Å². The van der Waals surface area contributed by atoms with Crippen molar-refractivity contribution < 1.29 is 24.0 Å². The number of rotatable bonds is 9. The quantitative estimate of drug-likeness (QED) is 0.267. The number of carbonyl (C=O) groups is 5. The molecular weight excluding hydrogens is 474 g/mol. The smallest absolute Gasteiger partial charge is 0.315 e. The van der Waals surface area contributed by atoms with E-state index in [-0.39, 0.29) is 29.3 Å². The molecule has 4 atom stereocenters. The lowest BCUT2D eigenvalue weighted by Crippen LogP contribution is -2.56. The van der Waals surface area contributed by atoms with Crippen LogP contribution in [0.2, 0.25) is 0 Å². The first kappa shape index (κ1) is 38.9. The summed E-state index contributed by atoms with van der Waals surface area (Å²) in [5.74, 6) is -1.46. The Balaban J connectivity index is -0.000000544. The summed E-state index contributed by atoms with van der Waals surface area (Å²) in [6, 6.07) is -1.30. The normalized spacial score (nSPS) is 16.5. The van der Waals surface area contributed by atoms with Crippen LogP contribution in [0.15, 0.2) is 0 Å². The van der Waals surface area contributed by atoms with Gasteiger partial charge in [-0.2, -0.15) is 0 Å². The standard InChI is InChI=1S/C13H25N3O2.C9H16N2O3.C3H8.C2H6/c1-9-7-6-8-16(9)11(17)10(13(2,3)4)15-12(18)14-5;1-3-6(2)4-7(11-5-12)8(13)9(10)14;1-3-2;1-2/h9-10H,6-8H2,1-5H3,(H2,14,15,18);5-7H,3-4H2,1-2H3,(H2,10,14)(H,11,12);3H2,1-2H3;1-2H3. The van der Waals surface area contributed by atoms with E-state index in [4.69, 9.17) is 5.73 Å². The molecule has 0 aromatic rings. The Labute approximate surface area is 225 Å². The fourth-order valence-electron chi connectivity index (χ4n) is 3.35. The summed E-state index contributed by atoms with van der Waals surface area (Å²) in [6.07, 6.45) is 5.07. The number of nitrogens with two attached hydrogens (primary N) is 1. The molecule has 1 saturated heterocycles. The molecule has 1 fully saturated rings. The number of ketones is 1. The van der Waals surface area contributed by atoms with Gasteiger partial charge in [-0.05, 0) is 37.5 Å². The number of nitrogens with one attached hydrogen (secondary N) is 3. The number of hydrogen-bond donors (Lipinski definition) is 4. The fraction of sp³-hybridized carbons (Fsp3) is 0.815. The summed E-state index contributed by atoms with van der Waals surface area (Å²) in [7, 11) is 1.55. The van der Waals surface area contributed by atoms with Crippen LogP contribution in [0.25, 0.3) is 0 Å². The zero-order valence-electron chi connectivity index (χ0n) is 25.2. The first-order valence-electron chi connectivity index (χ1n) is 13.5. The van der Waals surface area contributed by atoms with Crippen molar-refractivity contribution in [3.05, 3.63) is 0 Å². The summed E-state index contributed by atoms with van der Waals surface area (Å²) in [4.78, 5) is 57.9. The van der Waals surface area contributed by atoms with E-state index in [2.05, 4.69) is 36.7 Å². The van der Waals surface area contributed by atoms with E-state index < -0.39 is 23.8 Å². The monoisotopic (exact) mass is 529 g/mol. The second-order valence-electron chi connectivity index (χ2n) is 10.1. The van der Waals surface area contributed by atoms with Gasteiger partial charge in [-0.3, -0.25) is 19.2 Å². The second-order valence-corrected chi connectivity index (χ2v) is 10.1. The van der Waals surface area contributed by atoms with Crippen molar-refractivity contribution in [2.24, 2.45) is 17.1 Å². The van der Waals surface area contributed by atoms with Crippen molar-refractivity contribution >= 4 is 30.0 Å². The van der Waals surface area contributed by atoms with Gasteiger partial charge in [0.05, 0.1) is 6.04 Å². The Morgan fingerprint density at radius 1 is 1.11 bits per heavy atom. The molecule has 218 valence electrons. The molecular formula is C27H55N5O5. The van der Waals surface area contributed by atoms with Gasteiger partial charge in [0.2, 0.25) is 18.1 Å². The zero-order valence-corrected chi connectivity index (χ0v) is 25.2. The lowest BCUT2D eigenvalue weighted by molar-refractivity contribution is -0.137. The van der Waals surface area contributed by atoms with E-state index in [9.17, 15) is 24.0 Å². The van der Waals surface area contributed by atoms with Crippen molar-refractivity contribution in [3.63, 3.8) is 0 Å². The maximum absolute atomic E-state index is 12.5. The second kappa shape index (κ2) is 21.4. The van der Waals surface area contributed by atoms with Gasteiger partial charge >= 0.3 is 6.03 Å². The number of carbonyl (C=O) groups excluding carboxylic acids is 5. The topological polar surface area (TPSA) is 151 Å². The third kappa shape index (κ3) is 16.7. The maximum atomic E-state index is 12.5. The lowest BCUT2D eigenvalue weighted by Gasteiger charge is -2.34. The molecule has 0 aromatic heterocycles. The number of urea groups is 1. The number of nitrogens with zero attached hydrogens (tertiary/aromatic N) is 1. The average molecular weight is 530 g/mol. The molecule has 0 aromatic carbocycles. The highest BCUT2D eigenvalue weighted by Gasteiger charge is 2.38. The van der Waals surface area contributed by atoms with Gasteiger partial charge in [-0.1, -0.05) is 75.2 Å². The third-order valence-electron chi connectivity index (χ3n) is 5.62. The van der Waals surface area contributed by atoms with Crippen molar-refractivity contribution in [3.8, 4) is 0 Å². The Morgan fingerprint density at radius 2 is 1.62 bits per heavy atom. The zero-order chi connectivity index (χ0) is 29.8. The van der Waals surface area contributed by atoms with Gasteiger partial charge in [0.25, 0.3) is 5.91 Å². The van der Waals surface area contributed by atoms with Gasteiger partial charge in [0, 0.05) is 19.6 Å². The first-order chi connectivity index (χ1) is 17.2. The van der Waals surface area contributed by atoms with Gasteiger partial charge in [0.1, 0.15) is 6.04 Å². The highest BCUT2D eigenvalue weighted by molar-refractivity contribution is 6.37. The van der Waals surface area contributed by atoms with Crippen molar-refractivity contribution in [1.82, 2.24) is 20.9 Å². The fourth-order valence-corrected chi connectivity index (χ4v) is 3.35. The predicted molar refractivity (Wildman–Crippen MR) is 150 cm³/mol. The molecule has 0 spiro atoms. The molecule has 0 bridgehead atoms. The summed E-state index contributed by atoms with van der Waals surface area (Å²) in [5, 5.41) is 7.56. The van der Waals surface area contributed by atoms with E-state index in [0.717, 1.165) is 25.8 Å². The number of hydrogen-bond acceptors (Lipinski definition) is 5. The van der Waals surface area contributed by atoms with Crippen LogP contribution in [0.5, 0.6) is 0 Å². The minimum Gasteiger partial charge on any atom is -0.363 e. The first-order valence-corrected chi connectivity index (χ1v) is 13.5. The number of Topliss-reactive ketones (excluding diaryl/α,β-unsaturated/α-hetero) is 1. The highest BCUT2D eigenvalue weighted by Crippen LogP contribution is 2.25. The Bertz CT molecular complexity index is 679. The molecule has 1 rings (SSSR count). The molecule has 1 heterocycles. The molecule has 10 heteroatoms. The summed E-state index contributed by atoms with van der Waals surface area (Å²) >= 11 is 0. The number of primary amides is 1. The van der Waals surface area contributed by atoms with E-state index in [1.807, 2.05) is 53.4 Å². The van der Waals surface area contributed by atoms with Crippen molar-refractivity contribution in [2.45, 2.75) is 119 Å². The molecule has 4 unspecified atom stereocenters. The van der Waals surface area contributed by atoms with Crippen molar-refractivity contribution in [1.29, 1.82) is 0 Å². The molecule has 0 radical (unpaired) electrons. The molecule has 0 saturated carbocycles. The van der Waals surface area contributed by atoms with Crippen LogP contribution in [-0.4, -0.2) is 66.7 Å². The van der Waals surface area contributed by atoms with Crippen LogP contribution in [0.1, 0.15) is 101 Å². The Kier molecular flexibility index (Phi) is 22.5. The molecule has 0 aliphatic carbocycles. The molecule has 1 aliphatic rings. The minimum absolute atomic E-state index is 0.0242. The summed E-state index contributed by atoms with van der Waals surface area (Å²) in [6.45, 7) is 20.9. The minimum atomic E-state index is -1.01. The summed E-state index contributed by atoms with van der Waals surface area (Å²) < 4.78 is 0. The molecule has 10 nitrogen and oxygen atoms in total. The highest BCUT2D eigenvalue weighted by atomic mass is 16.2. The molecule has 5 N–H and O–H groups in total. The number of amides is 5. The largest absolute Gasteiger partial charge is 0.363 e. The Morgan fingerprint density at radius 3 is 1.95 bits per heavy atom. The Hall–Kier alpha value is -2.65. The maximum Gasteiger partial charge on any atom is 0.315 e. The van der Waals surface area contributed by atoms with E-state index in [1.165, 1.54) is 6.42 Å². The van der Waals surface area contributed by atoms with Crippen molar-refractivity contribution in [2.75, 3.05) is 13.6 Å². The molecule has 5 amide bonds. The van der Waals surface area contributed by atoms with E-state index >= 15 is 0 Å².